The Kier molecular flexibility index (Phi) is 6.91. The molecular formula is C24H30N2O3. The minimum absolute atomic E-state index is 0.0108. The lowest BCUT2D eigenvalue weighted by molar-refractivity contribution is -0.122. The van der Waals surface area contributed by atoms with Gasteiger partial charge in [0, 0.05) is 24.3 Å². The van der Waals surface area contributed by atoms with Crippen LogP contribution in [0.15, 0.2) is 48.5 Å². The van der Waals surface area contributed by atoms with E-state index in [-0.39, 0.29) is 24.2 Å². The SMILES string of the molecule is CCc1ccc(N2C[C@@H](C(=O)Nc3ccc(OCCC(C)C)cc3)CC2=O)cc1. The Bertz CT molecular complexity index is 828. The molecule has 2 aromatic rings. The van der Waals surface area contributed by atoms with Crippen LogP contribution in [0.25, 0.3) is 0 Å². The highest BCUT2D eigenvalue weighted by Gasteiger charge is 2.35. The van der Waals surface area contributed by atoms with Crippen molar-refractivity contribution in [3.8, 4) is 5.75 Å². The molecule has 1 aliphatic rings. The van der Waals surface area contributed by atoms with E-state index in [2.05, 4.69) is 26.1 Å². The third-order valence-electron chi connectivity index (χ3n) is 5.24. The van der Waals surface area contributed by atoms with E-state index in [4.69, 9.17) is 4.74 Å². The van der Waals surface area contributed by atoms with Crippen molar-refractivity contribution in [2.45, 2.75) is 40.0 Å². The van der Waals surface area contributed by atoms with Crippen LogP contribution in [0.5, 0.6) is 5.75 Å². The van der Waals surface area contributed by atoms with E-state index in [9.17, 15) is 9.59 Å². The van der Waals surface area contributed by atoms with E-state index in [0.717, 1.165) is 24.3 Å². The normalized spacial score (nSPS) is 16.3. The molecule has 0 aromatic heterocycles. The predicted octanol–water partition coefficient (Wildman–Crippen LogP) is 4.67. The Balaban J connectivity index is 1.54. The first-order valence-corrected chi connectivity index (χ1v) is 10.4. The molecule has 1 aliphatic heterocycles. The summed E-state index contributed by atoms with van der Waals surface area (Å²) >= 11 is 0. The van der Waals surface area contributed by atoms with Crippen molar-refractivity contribution in [3.63, 3.8) is 0 Å². The van der Waals surface area contributed by atoms with Gasteiger partial charge in [0.15, 0.2) is 0 Å². The molecule has 0 saturated carbocycles. The van der Waals surface area contributed by atoms with Gasteiger partial charge in [-0.15, -0.1) is 0 Å². The Morgan fingerprint density at radius 2 is 1.83 bits per heavy atom. The van der Waals surface area contributed by atoms with Gasteiger partial charge >= 0.3 is 0 Å². The van der Waals surface area contributed by atoms with Gasteiger partial charge < -0.3 is 15.0 Å². The highest BCUT2D eigenvalue weighted by atomic mass is 16.5. The molecule has 1 N–H and O–H groups in total. The van der Waals surface area contributed by atoms with Crippen molar-refractivity contribution in [2.75, 3.05) is 23.4 Å². The van der Waals surface area contributed by atoms with Crippen molar-refractivity contribution in [1.82, 2.24) is 0 Å². The van der Waals surface area contributed by atoms with E-state index in [1.807, 2.05) is 48.5 Å². The molecule has 5 heteroatoms. The van der Waals surface area contributed by atoms with Crippen molar-refractivity contribution in [2.24, 2.45) is 11.8 Å². The largest absolute Gasteiger partial charge is 0.494 e. The monoisotopic (exact) mass is 394 g/mol. The van der Waals surface area contributed by atoms with Gasteiger partial charge in [0.05, 0.1) is 12.5 Å². The number of amides is 2. The minimum Gasteiger partial charge on any atom is -0.494 e. The number of rotatable bonds is 8. The summed E-state index contributed by atoms with van der Waals surface area (Å²) in [5.41, 5.74) is 2.79. The lowest BCUT2D eigenvalue weighted by Crippen LogP contribution is -2.28. The summed E-state index contributed by atoms with van der Waals surface area (Å²) in [6.45, 7) is 7.52. The summed E-state index contributed by atoms with van der Waals surface area (Å²) in [6, 6.07) is 15.3. The second-order valence-corrected chi connectivity index (χ2v) is 7.97. The topological polar surface area (TPSA) is 58.6 Å². The molecule has 0 spiro atoms. The summed E-state index contributed by atoms with van der Waals surface area (Å²) in [5.74, 6) is 0.909. The third-order valence-corrected chi connectivity index (χ3v) is 5.24. The molecular weight excluding hydrogens is 364 g/mol. The maximum atomic E-state index is 12.6. The van der Waals surface area contributed by atoms with Crippen LogP contribution in [0.2, 0.25) is 0 Å². The Morgan fingerprint density at radius 1 is 1.14 bits per heavy atom. The van der Waals surface area contributed by atoms with Crippen molar-refractivity contribution in [3.05, 3.63) is 54.1 Å². The quantitative estimate of drug-likeness (QED) is 0.708. The van der Waals surface area contributed by atoms with Crippen LogP contribution in [0.3, 0.4) is 0 Å². The zero-order chi connectivity index (χ0) is 20.8. The average Bonchev–Trinajstić information content (AvgIpc) is 3.11. The number of anilines is 2. The highest BCUT2D eigenvalue weighted by molar-refractivity contribution is 6.03. The number of carbonyl (C=O) groups excluding carboxylic acids is 2. The number of hydrogen-bond acceptors (Lipinski definition) is 3. The van der Waals surface area contributed by atoms with Crippen LogP contribution in [-0.4, -0.2) is 25.0 Å². The molecule has 2 aromatic carbocycles. The standard InChI is InChI=1S/C24H30N2O3/c1-4-18-5-9-21(10-6-18)26-16-19(15-23(26)27)24(28)25-20-7-11-22(12-8-20)29-14-13-17(2)3/h5-12,17,19H,4,13-16H2,1-3H3,(H,25,28)/t19-/m0/s1. The molecule has 0 bridgehead atoms. The van der Waals surface area contributed by atoms with E-state index in [1.54, 1.807) is 4.90 Å². The second kappa shape index (κ2) is 9.59. The second-order valence-electron chi connectivity index (χ2n) is 7.97. The van der Waals surface area contributed by atoms with Gasteiger partial charge in [0.2, 0.25) is 11.8 Å². The van der Waals surface area contributed by atoms with Crippen LogP contribution >= 0.6 is 0 Å². The first kappa shape index (κ1) is 20.9. The molecule has 0 aliphatic carbocycles. The van der Waals surface area contributed by atoms with Crippen LogP contribution in [0.4, 0.5) is 11.4 Å². The molecule has 1 heterocycles. The third kappa shape index (κ3) is 5.59. The van der Waals surface area contributed by atoms with Gasteiger partial charge in [0.1, 0.15) is 5.75 Å². The number of benzene rings is 2. The molecule has 1 saturated heterocycles. The van der Waals surface area contributed by atoms with Crippen LogP contribution in [0, 0.1) is 11.8 Å². The number of nitrogens with one attached hydrogen (secondary N) is 1. The molecule has 154 valence electrons. The summed E-state index contributed by atoms with van der Waals surface area (Å²) in [4.78, 5) is 26.8. The van der Waals surface area contributed by atoms with Gasteiger partial charge in [-0.2, -0.15) is 0 Å². The number of aryl methyl sites for hydroxylation is 1. The number of ether oxygens (including phenoxy) is 1. The van der Waals surface area contributed by atoms with E-state index < -0.39 is 0 Å². The van der Waals surface area contributed by atoms with Gasteiger partial charge in [-0.05, 0) is 60.7 Å². The van der Waals surface area contributed by atoms with E-state index in [1.165, 1.54) is 5.56 Å². The highest BCUT2D eigenvalue weighted by Crippen LogP contribution is 2.27. The maximum absolute atomic E-state index is 12.6. The number of carbonyl (C=O) groups is 2. The van der Waals surface area contributed by atoms with Crippen LogP contribution in [0.1, 0.15) is 39.2 Å². The van der Waals surface area contributed by atoms with Crippen molar-refractivity contribution >= 4 is 23.2 Å². The Hall–Kier alpha value is -2.82. The fourth-order valence-electron chi connectivity index (χ4n) is 3.34. The first-order valence-electron chi connectivity index (χ1n) is 10.4. The minimum atomic E-state index is -0.352. The molecule has 1 atom stereocenters. The summed E-state index contributed by atoms with van der Waals surface area (Å²) in [7, 11) is 0. The lowest BCUT2D eigenvalue weighted by Gasteiger charge is -2.17. The van der Waals surface area contributed by atoms with E-state index >= 15 is 0 Å². The van der Waals surface area contributed by atoms with Gasteiger partial charge in [-0.25, -0.2) is 0 Å². The molecule has 0 radical (unpaired) electrons. The zero-order valence-electron chi connectivity index (χ0n) is 17.5. The summed E-state index contributed by atoms with van der Waals surface area (Å²) in [5, 5.41) is 2.92. The van der Waals surface area contributed by atoms with Gasteiger partial charge in [-0.1, -0.05) is 32.9 Å². The Labute approximate surface area is 173 Å². The predicted molar refractivity (Wildman–Crippen MR) is 116 cm³/mol. The molecule has 0 unspecified atom stereocenters. The maximum Gasteiger partial charge on any atom is 0.229 e. The fourth-order valence-corrected chi connectivity index (χ4v) is 3.34. The first-order chi connectivity index (χ1) is 14.0. The zero-order valence-corrected chi connectivity index (χ0v) is 17.5. The molecule has 29 heavy (non-hydrogen) atoms. The fraction of sp³-hybridized carbons (Fsp3) is 0.417. The molecule has 3 rings (SSSR count). The summed E-state index contributed by atoms with van der Waals surface area (Å²) < 4.78 is 5.71. The molecule has 2 amide bonds. The van der Waals surface area contributed by atoms with Gasteiger partial charge in [0.25, 0.3) is 0 Å². The number of nitrogens with zero attached hydrogens (tertiary/aromatic N) is 1. The van der Waals surface area contributed by atoms with Crippen LogP contribution < -0.4 is 15.0 Å². The smallest absolute Gasteiger partial charge is 0.229 e. The van der Waals surface area contributed by atoms with Gasteiger partial charge in [-0.3, -0.25) is 9.59 Å². The van der Waals surface area contributed by atoms with E-state index in [0.29, 0.717) is 24.8 Å². The van der Waals surface area contributed by atoms with Crippen LogP contribution in [-0.2, 0) is 16.0 Å². The molecule has 5 nitrogen and oxygen atoms in total. The average molecular weight is 395 g/mol. The molecule has 1 fully saturated rings. The summed E-state index contributed by atoms with van der Waals surface area (Å²) in [6.07, 6.45) is 2.20. The Morgan fingerprint density at radius 3 is 2.45 bits per heavy atom. The number of hydrogen-bond donors (Lipinski definition) is 1. The van der Waals surface area contributed by atoms with Crippen molar-refractivity contribution < 1.29 is 14.3 Å². The van der Waals surface area contributed by atoms with Crippen molar-refractivity contribution in [1.29, 1.82) is 0 Å². The lowest BCUT2D eigenvalue weighted by atomic mass is 10.1.